The first-order chi connectivity index (χ1) is 16.5. The zero-order valence-electron chi connectivity index (χ0n) is 19.1. The molecule has 0 N–H and O–H groups in total. The number of aromatic nitrogens is 1. The maximum absolute atomic E-state index is 13.5. The number of carbonyl (C=O) groups excluding carboxylic acids is 1. The number of aliphatic imine (C=N–C) groups is 1. The van der Waals surface area contributed by atoms with Crippen molar-refractivity contribution in [3.05, 3.63) is 94.1 Å². The zero-order chi connectivity index (χ0) is 23.7. The van der Waals surface area contributed by atoms with Crippen molar-refractivity contribution in [1.29, 1.82) is 0 Å². The number of para-hydroxylation sites is 1. The molecule has 5 nitrogen and oxygen atoms in total. The van der Waals surface area contributed by atoms with Crippen LogP contribution in [0.15, 0.2) is 77.4 Å². The van der Waals surface area contributed by atoms with Gasteiger partial charge in [-0.1, -0.05) is 42.1 Å². The highest BCUT2D eigenvalue weighted by Crippen LogP contribution is 2.33. The number of nitrogens with zero attached hydrogens (tertiary/aromatic N) is 3. The van der Waals surface area contributed by atoms with Gasteiger partial charge in [-0.2, -0.15) is 0 Å². The third-order valence-electron chi connectivity index (χ3n) is 5.38. The molecule has 0 atom stereocenters. The van der Waals surface area contributed by atoms with Gasteiger partial charge in [0.15, 0.2) is 5.17 Å². The Morgan fingerprint density at radius 2 is 1.76 bits per heavy atom. The number of ether oxygens (including phenoxy) is 1. The summed E-state index contributed by atoms with van der Waals surface area (Å²) >= 11 is 3.21. The Kier molecular flexibility index (Phi) is 6.22. The lowest BCUT2D eigenvalue weighted by Gasteiger charge is -2.19. The fraction of sp³-hybridized carbons (Fsp3) is 0.148. The fourth-order valence-electron chi connectivity index (χ4n) is 3.87. The number of thiazole rings is 1. The molecule has 0 spiro atoms. The molecule has 2 heterocycles. The van der Waals surface area contributed by atoms with Gasteiger partial charge in [0.25, 0.3) is 5.91 Å². The number of thioether (sulfide) groups is 1. The number of amidine groups is 1. The van der Waals surface area contributed by atoms with Gasteiger partial charge in [-0.15, -0.1) is 11.3 Å². The van der Waals surface area contributed by atoms with E-state index in [2.05, 4.69) is 12.1 Å². The average molecular weight is 486 g/mol. The Morgan fingerprint density at radius 3 is 2.47 bits per heavy atom. The molecule has 4 aromatic rings. The van der Waals surface area contributed by atoms with Gasteiger partial charge < -0.3 is 4.74 Å². The fourth-order valence-corrected chi connectivity index (χ4v) is 5.84. The largest absolute Gasteiger partial charge is 0.497 e. The quantitative estimate of drug-likeness (QED) is 0.299. The number of anilines is 1. The third-order valence-corrected chi connectivity index (χ3v) is 7.55. The highest BCUT2D eigenvalue weighted by atomic mass is 32.2. The minimum atomic E-state index is -0.132. The molecule has 1 aliphatic heterocycles. The number of carbonyl (C=O) groups is 1. The monoisotopic (exact) mass is 485 g/mol. The Balaban J connectivity index is 1.48. The first-order valence-corrected chi connectivity index (χ1v) is 12.6. The van der Waals surface area contributed by atoms with Gasteiger partial charge in [0, 0.05) is 0 Å². The first-order valence-electron chi connectivity index (χ1n) is 10.8. The lowest BCUT2D eigenvalue weighted by atomic mass is 10.1. The van der Waals surface area contributed by atoms with E-state index in [0.717, 1.165) is 43.4 Å². The Morgan fingerprint density at radius 1 is 1.03 bits per heavy atom. The number of hydrogen-bond acceptors (Lipinski definition) is 6. The van der Waals surface area contributed by atoms with E-state index in [1.165, 1.54) is 11.8 Å². The van der Waals surface area contributed by atoms with Crippen molar-refractivity contribution in [2.45, 2.75) is 19.6 Å². The number of rotatable bonds is 5. The molecule has 7 heteroatoms. The second kappa shape index (κ2) is 9.44. The molecule has 1 aliphatic rings. The molecule has 5 rings (SSSR count). The van der Waals surface area contributed by atoms with Crippen LogP contribution in [0.3, 0.4) is 0 Å². The van der Waals surface area contributed by atoms with Crippen LogP contribution < -0.4 is 9.64 Å². The maximum Gasteiger partial charge on any atom is 0.283 e. The maximum atomic E-state index is 13.5. The van der Waals surface area contributed by atoms with Crippen molar-refractivity contribution in [1.82, 2.24) is 4.98 Å². The summed E-state index contributed by atoms with van der Waals surface area (Å²) in [4.78, 5) is 24.7. The molecule has 170 valence electrons. The number of methoxy groups -OCH3 is 1. The summed E-state index contributed by atoms with van der Waals surface area (Å²) in [6, 6.07) is 21.9. The molecule has 1 amide bonds. The Bertz CT molecular complexity index is 1380. The topological polar surface area (TPSA) is 54.8 Å². The van der Waals surface area contributed by atoms with E-state index in [9.17, 15) is 4.79 Å². The van der Waals surface area contributed by atoms with Crippen LogP contribution in [-0.2, 0) is 10.5 Å². The average Bonchev–Trinajstić information content (AvgIpc) is 3.38. The molecule has 1 aromatic heterocycles. The first kappa shape index (κ1) is 22.4. The highest BCUT2D eigenvalue weighted by molar-refractivity contribution is 8.13. The van der Waals surface area contributed by atoms with Gasteiger partial charge in [-0.3, -0.25) is 9.69 Å². The van der Waals surface area contributed by atoms with Gasteiger partial charge in [-0.05, 0) is 73.0 Å². The molecule has 0 bridgehead atoms. The van der Waals surface area contributed by atoms with Crippen molar-refractivity contribution in [3.63, 3.8) is 0 Å². The molecular formula is C27H23N3O2S2. The van der Waals surface area contributed by atoms with Crippen LogP contribution in [0.5, 0.6) is 5.75 Å². The lowest BCUT2D eigenvalue weighted by Crippen LogP contribution is -2.30. The second-order valence-electron chi connectivity index (χ2n) is 8.05. The standard InChI is InChI=1S/C27H23N3O2S2/c1-17-12-18(2)14-20(13-17)30-26(31)23(15-19-8-10-21(32-3)11-9-19)29-27(30)33-16-25-28-22-6-4-5-7-24(22)34-25/h4-15H,16H2,1-3H3. The van der Waals surface area contributed by atoms with E-state index in [1.54, 1.807) is 23.3 Å². The molecule has 34 heavy (non-hydrogen) atoms. The molecule has 0 saturated heterocycles. The van der Waals surface area contributed by atoms with Crippen molar-refractivity contribution < 1.29 is 9.53 Å². The second-order valence-corrected chi connectivity index (χ2v) is 10.1. The summed E-state index contributed by atoms with van der Waals surface area (Å²) in [5, 5.41) is 1.67. The summed E-state index contributed by atoms with van der Waals surface area (Å²) in [7, 11) is 1.63. The normalized spacial score (nSPS) is 14.8. The molecule has 0 fully saturated rings. The van der Waals surface area contributed by atoms with Crippen molar-refractivity contribution >= 4 is 56.2 Å². The van der Waals surface area contributed by atoms with Crippen molar-refractivity contribution in [3.8, 4) is 5.75 Å². The molecular weight excluding hydrogens is 462 g/mol. The third kappa shape index (κ3) is 4.62. The van der Waals surface area contributed by atoms with Gasteiger partial charge in [0.2, 0.25) is 0 Å². The summed E-state index contributed by atoms with van der Waals surface area (Å²) in [5.41, 5.74) is 5.34. The van der Waals surface area contributed by atoms with Crippen LogP contribution in [0, 0.1) is 13.8 Å². The lowest BCUT2D eigenvalue weighted by molar-refractivity contribution is -0.113. The minimum absolute atomic E-state index is 0.132. The van der Waals surface area contributed by atoms with E-state index in [0.29, 0.717) is 16.6 Å². The Labute approximate surface area is 206 Å². The summed E-state index contributed by atoms with van der Waals surface area (Å²) in [5.74, 6) is 1.28. The summed E-state index contributed by atoms with van der Waals surface area (Å²) in [6.45, 7) is 4.08. The SMILES string of the molecule is COc1ccc(C=C2N=C(SCc3nc4ccccc4s3)N(c3cc(C)cc(C)c3)C2=O)cc1. The Hall–Kier alpha value is -3.42. The molecule has 0 radical (unpaired) electrons. The van der Waals surface area contributed by atoms with Crippen LogP contribution >= 0.6 is 23.1 Å². The van der Waals surface area contributed by atoms with Crippen LogP contribution in [0.1, 0.15) is 21.7 Å². The minimum Gasteiger partial charge on any atom is -0.497 e. The number of amides is 1. The number of aryl methyl sites for hydroxylation is 2. The zero-order valence-corrected chi connectivity index (χ0v) is 20.7. The van der Waals surface area contributed by atoms with Gasteiger partial charge >= 0.3 is 0 Å². The van der Waals surface area contributed by atoms with E-state index in [4.69, 9.17) is 14.7 Å². The van der Waals surface area contributed by atoms with E-state index in [1.807, 2.05) is 74.5 Å². The van der Waals surface area contributed by atoms with E-state index in [-0.39, 0.29) is 5.91 Å². The molecule has 0 unspecified atom stereocenters. The van der Waals surface area contributed by atoms with E-state index < -0.39 is 0 Å². The van der Waals surface area contributed by atoms with Crippen LogP contribution in [0.4, 0.5) is 5.69 Å². The van der Waals surface area contributed by atoms with Gasteiger partial charge in [0.1, 0.15) is 16.5 Å². The van der Waals surface area contributed by atoms with Gasteiger partial charge in [0.05, 0.1) is 28.8 Å². The number of hydrogen-bond donors (Lipinski definition) is 0. The molecule has 3 aromatic carbocycles. The smallest absolute Gasteiger partial charge is 0.283 e. The van der Waals surface area contributed by atoms with Gasteiger partial charge in [-0.25, -0.2) is 9.98 Å². The van der Waals surface area contributed by atoms with Crippen LogP contribution in [0.2, 0.25) is 0 Å². The molecule has 0 aliphatic carbocycles. The van der Waals surface area contributed by atoms with Crippen molar-refractivity contribution in [2.75, 3.05) is 12.0 Å². The highest BCUT2D eigenvalue weighted by Gasteiger charge is 2.32. The summed E-state index contributed by atoms with van der Waals surface area (Å²) in [6.07, 6.45) is 1.82. The van der Waals surface area contributed by atoms with Crippen LogP contribution in [-0.4, -0.2) is 23.2 Å². The van der Waals surface area contributed by atoms with Crippen molar-refractivity contribution in [2.24, 2.45) is 4.99 Å². The van der Waals surface area contributed by atoms with Crippen LogP contribution in [0.25, 0.3) is 16.3 Å². The number of benzene rings is 3. The summed E-state index contributed by atoms with van der Waals surface area (Å²) < 4.78 is 6.40. The predicted octanol–water partition coefficient (Wildman–Crippen LogP) is 6.60. The predicted molar refractivity (Wildman–Crippen MR) is 143 cm³/mol. The molecule has 0 saturated carbocycles. The van der Waals surface area contributed by atoms with E-state index >= 15 is 0 Å². The number of fused-ring (bicyclic) bond motifs is 1.